The number of hydrogen-bond donors (Lipinski definition) is 2. The highest BCUT2D eigenvalue weighted by Crippen LogP contribution is 2.46. The molecule has 7 heteroatoms. The second-order valence-electron chi connectivity index (χ2n) is 9.79. The minimum atomic E-state index is -1.09. The lowest BCUT2D eigenvalue weighted by atomic mass is 9.66. The fourth-order valence-corrected chi connectivity index (χ4v) is 4.79. The molecule has 3 rings (SSSR count). The van der Waals surface area contributed by atoms with Crippen LogP contribution in [-0.2, 0) is 16.3 Å². The first-order chi connectivity index (χ1) is 15.5. The predicted molar refractivity (Wildman–Crippen MR) is 132 cm³/mol. The van der Waals surface area contributed by atoms with Crippen molar-refractivity contribution in [1.29, 1.82) is 0 Å². The third-order valence-electron chi connectivity index (χ3n) is 6.65. The Morgan fingerprint density at radius 3 is 2.39 bits per heavy atom. The zero-order valence-corrected chi connectivity index (χ0v) is 21.1. The summed E-state index contributed by atoms with van der Waals surface area (Å²) in [6.07, 6.45) is 0.393. The third-order valence-corrected chi connectivity index (χ3v) is 7.21. The van der Waals surface area contributed by atoms with Crippen molar-refractivity contribution < 1.29 is 14.7 Å². The standard InChI is InChI=1S/C26H32Cl2N2O3/c1-17(2)22(29-23(31)19-7-5-6-18(14-19)15-27)24(32)30-13-12-26(33,25(3,4)16-30)20-8-10-21(28)11-9-20/h5-11,14,17,22,33H,12-13,15-16H2,1-4H3,(H,29,31)/t22-,26+/m1/s1. The van der Waals surface area contributed by atoms with E-state index in [2.05, 4.69) is 5.32 Å². The maximum Gasteiger partial charge on any atom is 0.251 e. The van der Waals surface area contributed by atoms with E-state index in [9.17, 15) is 14.7 Å². The fraction of sp³-hybridized carbons (Fsp3) is 0.462. The third kappa shape index (κ3) is 5.37. The van der Waals surface area contributed by atoms with Gasteiger partial charge in [-0.05, 0) is 47.7 Å². The predicted octanol–water partition coefficient (Wildman–Crippen LogP) is 4.98. The van der Waals surface area contributed by atoms with Gasteiger partial charge in [0.1, 0.15) is 6.04 Å². The number of alkyl halides is 1. The lowest BCUT2D eigenvalue weighted by Gasteiger charge is -2.51. The van der Waals surface area contributed by atoms with Gasteiger partial charge in [0.05, 0.1) is 5.60 Å². The Morgan fingerprint density at radius 2 is 1.82 bits per heavy atom. The van der Waals surface area contributed by atoms with Crippen LogP contribution in [0.5, 0.6) is 0 Å². The topological polar surface area (TPSA) is 69.6 Å². The van der Waals surface area contributed by atoms with E-state index in [1.807, 2.05) is 45.9 Å². The SMILES string of the molecule is CC(C)[C@@H](NC(=O)c1cccc(CCl)c1)C(=O)N1CC[C@](O)(c2ccc(Cl)cc2)C(C)(C)C1. The van der Waals surface area contributed by atoms with E-state index in [0.29, 0.717) is 36.0 Å². The molecule has 1 heterocycles. The first kappa shape index (κ1) is 25.5. The lowest BCUT2D eigenvalue weighted by Crippen LogP contribution is -2.60. The molecule has 178 valence electrons. The highest BCUT2D eigenvalue weighted by Gasteiger charge is 2.50. The molecule has 1 fully saturated rings. The van der Waals surface area contributed by atoms with Crippen molar-refractivity contribution >= 4 is 35.0 Å². The molecule has 2 N–H and O–H groups in total. The number of aliphatic hydroxyl groups is 1. The molecule has 0 aromatic heterocycles. The van der Waals surface area contributed by atoms with Gasteiger partial charge in [0.25, 0.3) is 5.91 Å². The summed E-state index contributed by atoms with van der Waals surface area (Å²) in [6.45, 7) is 8.51. The van der Waals surface area contributed by atoms with E-state index in [4.69, 9.17) is 23.2 Å². The average molecular weight is 491 g/mol. The Morgan fingerprint density at radius 1 is 1.15 bits per heavy atom. The van der Waals surface area contributed by atoms with Crippen molar-refractivity contribution in [2.45, 2.75) is 51.6 Å². The van der Waals surface area contributed by atoms with Gasteiger partial charge in [-0.2, -0.15) is 0 Å². The Hall–Kier alpha value is -2.08. The number of amides is 2. The number of piperidine rings is 1. The van der Waals surface area contributed by atoms with E-state index in [1.165, 1.54) is 0 Å². The molecule has 2 amide bonds. The summed E-state index contributed by atoms with van der Waals surface area (Å²) in [5.41, 5.74) is 0.414. The Labute approximate surface area is 206 Å². The minimum absolute atomic E-state index is 0.0992. The quantitative estimate of drug-likeness (QED) is 0.560. The Balaban J connectivity index is 1.77. The average Bonchev–Trinajstić information content (AvgIpc) is 2.78. The Kier molecular flexibility index (Phi) is 7.77. The highest BCUT2D eigenvalue weighted by atomic mass is 35.5. The van der Waals surface area contributed by atoms with Gasteiger partial charge in [-0.15, -0.1) is 11.6 Å². The molecule has 2 atom stereocenters. The number of hydrogen-bond acceptors (Lipinski definition) is 3. The summed E-state index contributed by atoms with van der Waals surface area (Å²) in [6, 6.07) is 13.6. The van der Waals surface area contributed by atoms with Gasteiger partial charge in [-0.1, -0.05) is 63.6 Å². The number of carbonyl (C=O) groups excluding carboxylic acids is 2. The van der Waals surface area contributed by atoms with Crippen LogP contribution in [0.15, 0.2) is 48.5 Å². The van der Waals surface area contributed by atoms with Crippen molar-refractivity contribution in [3.63, 3.8) is 0 Å². The smallest absolute Gasteiger partial charge is 0.251 e. The van der Waals surface area contributed by atoms with E-state index >= 15 is 0 Å². The summed E-state index contributed by atoms with van der Waals surface area (Å²) in [5, 5.41) is 15.1. The van der Waals surface area contributed by atoms with Gasteiger partial charge in [0.15, 0.2) is 0 Å². The number of halogens is 2. The van der Waals surface area contributed by atoms with Crippen LogP contribution >= 0.6 is 23.2 Å². The second-order valence-corrected chi connectivity index (χ2v) is 10.5. The molecule has 0 unspecified atom stereocenters. The Bertz CT molecular complexity index is 1010. The first-order valence-electron chi connectivity index (χ1n) is 11.2. The molecule has 0 bridgehead atoms. The van der Waals surface area contributed by atoms with Crippen LogP contribution in [0.25, 0.3) is 0 Å². The molecule has 1 aliphatic rings. The number of carbonyl (C=O) groups is 2. The summed E-state index contributed by atoms with van der Waals surface area (Å²) in [5.74, 6) is -0.230. The molecular weight excluding hydrogens is 459 g/mol. The van der Waals surface area contributed by atoms with Crippen molar-refractivity contribution in [1.82, 2.24) is 10.2 Å². The van der Waals surface area contributed by atoms with Gasteiger partial charge in [0, 0.05) is 35.0 Å². The van der Waals surface area contributed by atoms with E-state index in [-0.39, 0.29) is 17.7 Å². The van der Waals surface area contributed by atoms with E-state index in [1.54, 1.807) is 35.2 Å². The molecule has 2 aromatic rings. The van der Waals surface area contributed by atoms with Crippen molar-refractivity contribution in [3.8, 4) is 0 Å². The zero-order valence-electron chi connectivity index (χ0n) is 19.6. The van der Waals surface area contributed by atoms with Gasteiger partial charge < -0.3 is 15.3 Å². The normalized spacial score (nSPS) is 21.0. The molecule has 0 spiro atoms. The zero-order chi connectivity index (χ0) is 24.4. The van der Waals surface area contributed by atoms with Crippen LogP contribution in [0, 0.1) is 11.3 Å². The maximum absolute atomic E-state index is 13.5. The molecule has 0 aliphatic carbocycles. The minimum Gasteiger partial charge on any atom is -0.384 e. The lowest BCUT2D eigenvalue weighted by molar-refractivity contribution is -0.155. The number of likely N-dealkylation sites (tertiary alicyclic amines) is 1. The van der Waals surface area contributed by atoms with Crippen LogP contribution < -0.4 is 5.32 Å². The van der Waals surface area contributed by atoms with Gasteiger partial charge in [-0.25, -0.2) is 0 Å². The van der Waals surface area contributed by atoms with Crippen molar-refractivity contribution in [2.24, 2.45) is 11.3 Å². The molecule has 33 heavy (non-hydrogen) atoms. The summed E-state index contributed by atoms with van der Waals surface area (Å²) in [7, 11) is 0. The van der Waals surface area contributed by atoms with Gasteiger partial charge in [0.2, 0.25) is 5.91 Å². The maximum atomic E-state index is 13.5. The summed E-state index contributed by atoms with van der Waals surface area (Å²) in [4.78, 5) is 28.1. The van der Waals surface area contributed by atoms with Crippen molar-refractivity contribution in [3.05, 3.63) is 70.2 Å². The van der Waals surface area contributed by atoms with Crippen LogP contribution in [0.4, 0.5) is 0 Å². The first-order valence-corrected chi connectivity index (χ1v) is 12.1. The van der Waals surface area contributed by atoms with E-state index < -0.39 is 17.1 Å². The van der Waals surface area contributed by atoms with Crippen LogP contribution in [0.2, 0.25) is 5.02 Å². The second kappa shape index (κ2) is 10.0. The highest BCUT2D eigenvalue weighted by molar-refractivity contribution is 6.30. The van der Waals surface area contributed by atoms with Crippen LogP contribution in [-0.4, -0.2) is 41.0 Å². The summed E-state index contributed by atoms with van der Waals surface area (Å²) < 4.78 is 0. The number of nitrogens with one attached hydrogen (secondary N) is 1. The fourth-order valence-electron chi connectivity index (χ4n) is 4.50. The largest absolute Gasteiger partial charge is 0.384 e. The molecule has 0 saturated carbocycles. The van der Waals surface area contributed by atoms with Gasteiger partial charge >= 0.3 is 0 Å². The molecule has 0 radical (unpaired) electrons. The van der Waals surface area contributed by atoms with Gasteiger partial charge in [-0.3, -0.25) is 9.59 Å². The molecule has 2 aromatic carbocycles. The van der Waals surface area contributed by atoms with Crippen LogP contribution in [0.3, 0.4) is 0 Å². The molecule has 1 saturated heterocycles. The number of nitrogens with zero attached hydrogens (tertiary/aromatic N) is 1. The molecule has 1 aliphatic heterocycles. The monoisotopic (exact) mass is 490 g/mol. The molecule has 5 nitrogen and oxygen atoms in total. The van der Waals surface area contributed by atoms with Crippen molar-refractivity contribution in [2.75, 3.05) is 13.1 Å². The molecular formula is C26H32Cl2N2O3. The number of rotatable bonds is 6. The summed E-state index contributed by atoms with van der Waals surface area (Å²) >= 11 is 11.9. The number of benzene rings is 2. The van der Waals surface area contributed by atoms with E-state index in [0.717, 1.165) is 11.1 Å². The van der Waals surface area contributed by atoms with Crippen LogP contribution in [0.1, 0.15) is 55.6 Å².